The van der Waals surface area contributed by atoms with E-state index < -0.39 is 5.60 Å². The van der Waals surface area contributed by atoms with Crippen LogP contribution in [0.3, 0.4) is 0 Å². The number of hydrogen-bond acceptors (Lipinski definition) is 3. The van der Waals surface area contributed by atoms with Crippen molar-refractivity contribution in [2.24, 2.45) is 11.8 Å². The third-order valence-corrected chi connectivity index (χ3v) is 4.18. The van der Waals surface area contributed by atoms with Crippen LogP contribution in [0.15, 0.2) is 0 Å². The molecule has 118 valence electrons. The number of ether oxygens (including phenoxy) is 1. The van der Waals surface area contributed by atoms with E-state index in [1.807, 2.05) is 32.7 Å². The highest BCUT2D eigenvalue weighted by atomic mass is 16.6. The quantitative estimate of drug-likeness (QED) is 0.865. The first-order chi connectivity index (χ1) is 9.04. The van der Waals surface area contributed by atoms with E-state index in [2.05, 4.69) is 26.1 Å². The average Bonchev–Trinajstić information content (AvgIpc) is 2.29. The molecule has 0 bridgehead atoms. The number of nitrogens with zero attached hydrogens (tertiary/aromatic N) is 1. The number of hydrogen-bond donors (Lipinski definition) is 1. The molecule has 2 atom stereocenters. The maximum atomic E-state index is 12.1. The lowest BCUT2D eigenvalue weighted by atomic mass is 9.78. The summed E-state index contributed by atoms with van der Waals surface area (Å²) in [6.07, 6.45) is 2.04. The number of rotatable bonds is 3. The molecule has 0 spiro atoms. The molecule has 0 aliphatic carbocycles. The first-order valence-electron chi connectivity index (χ1n) is 7.71. The van der Waals surface area contributed by atoms with Gasteiger partial charge < -0.3 is 15.0 Å². The molecule has 1 amide bonds. The molecule has 2 unspecified atom stereocenters. The van der Waals surface area contributed by atoms with E-state index in [0.717, 1.165) is 25.9 Å². The van der Waals surface area contributed by atoms with Crippen LogP contribution in [-0.4, -0.2) is 42.3 Å². The van der Waals surface area contributed by atoms with Crippen LogP contribution >= 0.6 is 0 Å². The Bertz CT molecular complexity index is 334. The summed E-state index contributed by atoms with van der Waals surface area (Å²) in [5.74, 6) is 1.18. The SMILES string of the molecule is CNC(C)(C)CC1CCN(C(=O)OC(C)(C)C)CC1C. The van der Waals surface area contributed by atoms with Crippen LogP contribution in [0.5, 0.6) is 0 Å². The molecule has 1 saturated heterocycles. The summed E-state index contributed by atoms with van der Waals surface area (Å²) in [5, 5.41) is 3.37. The van der Waals surface area contributed by atoms with E-state index in [1.54, 1.807) is 0 Å². The van der Waals surface area contributed by atoms with Gasteiger partial charge in [-0.2, -0.15) is 0 Å². The molecule has 0 aromatic heterocycles. The van der Waals surface area contributed by atoms with Crippen LogP contribution in [0.25, 0.3) is 0 Å². The van der Waals surface area contributed by atoms with Gasteiger partial charge in [-0.3, -0.25) is 0 Å². The second-order valence-corrected chi connectivity index (χ2v) is 7.79. The second kappa shape index (κ2) is 6.33. The van der Waals surface area contributed by atoms with Crippen LogP contribution in [0, 0.1) is 11.8 Å². The van der Waals surface area contributed by atoms with Gasteiger partial charge in [0.15, 0.2) is 0 Å². The highest BCUT2D eigenvalue weighted by Crippen LogP contribution is 2.31. The number of carbonyl (C=O) groups is 1. The van der Waals surface area contributed by atoms with Crippen LogP contribution in [0.4, 0.5) is 4.79 Å². The van der Waals surface area contributed by atoms with Crippen LogP contribution in [0.2, 0.25) is 0 Å². The molecule has 1 aliphatic heterocycles. The fraction of sp³-hybridized carbons (Fsp3) is 0.938. The Hall–Kier alpha value is -0.770. The van der Waals surface area contributed by atoms with Gasteiger partial charge in [0.1, 0.15) is 5.60 Å². The van der Waals surface area contributed by atoms with E-state index in [4.69, 9.17) is 4.74 Å². The van der Waals surface area contributed by atoms with Gasteiger partial charge in [-0.05, 0) is 66.3 Å². The van der Waals surface area contributed by atoms with Gasteiger partial charge in [-0.15, -0.1) is 0 Å². The molecule has 1 N–H and O–H groups in total. The van der Waals surface area contributed by atoms with E-state index >= 15 is 0 Å². The molecule has 0 aromatic carbocycles. The molecule has 4 nitrogen and oxygen atoms in total. The predicted octanol–water partition coefficient (Wildman–Crippen LogP) is 3.27. The van der Waals surface area contributed by atoms with Gasteiger partial charge in [0, 0.05) is 18.6 Å². The predicted molar refractivity (Wildman–Crippen MR) is 82.8 cm³/mol. The third kappa shape index (κ3) is 5.31. The summed E-state index contributed by atoms with van der Waals surface area (Å²) in [6.45, 7) is 14.1. The number of carbonyl (C=O) groups excluding carboxylic acids is 1. The Labute approximate surface area is 124 Å². The Balaban J connectivity index is 2.53. The maximum Gasteiger partial charge on any atom is 0.410 e. The number of piperidine rings is 1. The Morgan fingerprint density at radius 3 is 2.35 bits per heavy atom. The molecule has 1 rings (SSSR count). The lowest BCUT2D eigenvalue weighted by Crippen LogP contribution is -2.47. The van der Waals surface area contributed by atoms with Gasteiger partial charge in [-0.25, -0.2) is 4.79 Å². The summed E-state index contributed by atoms with van der Waals surface area (Å²) in [6, 6.07) is 0. The van der Waals surface area contributed by atoms with Crippen molar-refractivity contribution in [1.29, 1.82) is 0 Å². The summed E-state index contributed by atoms with van der Waals surface area (Å²) in [5.41, 5.74) is -0.252. The van der Waals surface area contributed by atoms with Crippen molar-refractivity contribution in [3.63, 3.8) is 0 Å². The van der Waals surface area contributed by atoms with Crippen molar-refractivity contribution >= 4 is 6.09 Å². The molecular formula is C16H32N2O2. The zero-order chi connectivity index (χ0) is 15.6. The molecule has 1 fully saturated rings. The Kier molecular flexibility index (Phi) is 5.47. The minimum absolute atomic E-state index is 0.160. The number of likely N-dealkylation sites (tertiary alicyclic amines) is 1. The first kappa shape index (κ1) is 17.3. The van der Waals surface area contributed by atoms with Crippen molar-refractivity contribution in [3.8, 4) is 0 Å². The first-order valence-corrected chi connectivity index (χ1v) is 7.71. The Morgan fingerprint density at radius 1 is 1.30 bits per heavy atom. The summed E-state index contributed by atoms with van der Waals surface area (Å²) in [7, 11) is 2.01. The standard InChI is InChI=1S/C16H32N2O2/c1-12-11-18(14(19)20-15(2,3)4)9-8-13(12)10-16(5,6)17-7/h12-13,17H,8-11H2,1-7H3. The number of nitrogens with one attached hydrogen (secondary N) is 1. The van der Waals surface area contributed by atoms with Crippen molar-refractivity contribution in [1.82, 2.24) is 10.2 Å². The van der Waals surface area contributed by atoms with Gasteiger partial charge in [-0.1, -0.05) is 6.92 Å². The van der Waals surface area contributed by atoms with Gasteiger partial charge >= 0.3 is 6.09 Å². The van der Waals surface area contributed by atoms with Crippen molar-refractivity contribution < 1.29 is 9.53 Å². The second-order valence-electron chi connectivity index (χ2n) is 7.79. The lowest BCUT2D eigenvalue weighted by molar-refractivity contribution is 0.00961. The van der Waals surface area contributed by atoms with E-state index in [-0.39, 0.29) is 11.6 Å². The largest absolute Gasteiger partial charge is 0.444 e. The molecule has 4 heteroatoms. The van der Waals surface area contributed by atoms with Gasteiger partial charge in [0.05, 0.1) is 0 Å². The lowest BCUT2D eigenvalue weighted by Gasteiger charge is -2.40. The zero-order valence-electron chi connectivity index (χ0n) is 14.2. The van der Waals surface area contributed by atoms with Gasteiger partial charge in [0.2, 0.25) is 0 Å². The molecule has 0 saturated carbocycles. The van der Waals surface area contributed by atoms with Gasteiger partial charge in [0.25, 0.3) is 0 Å². The van der Waals surface area contributed by atoms with E-state index in [9.17, 15) is 4.79 Å². The maximum absolute atomic E-state index is 12.1. The van der Waals surface area contributed by atoms with E-state index in [1.165, 1.54) is 0 Å². The Morgan fingerprint density at radius 2 is 1.90 bits per heavy atom. The molecule has 1 heterocycles. The van der Waals surface area contributed by atoms with Crippen molar-refractivity contribution in [3.05, 3.63) is 0 Å². The minimum atomic E-state index is -0.411. The molecule has 1 aliphatic rings. The van der Waals surface area contributed by atoms with E-state index in [0.29, 0.717) is 11.8 Å². The average molecular weight is 284 g/mol. The molecule has 20 heavy (non-hydrogen) atoms. The van der Waals surface area contributed by atoms with Crippen molar-refractivity contribution in [2.45, 2.75) is 65.5 Å². The van der Waals surface area contributed by atoms with Crippen LogP contribution in [0.1, 0.15) is 54.4 Å². The third-order valence-electron chi connectivity index (χ3n) is 4.18. The minimum Gasteiger partial charge on any atom is -0.444 e. The highest BCUT2D eigenvalue weighted by molar-refractivity contribution is 5.68. The molecule has 0 aromatic rings. The number of amides is 1. The summed E-state index contributed by atoms with van der Waals surface area (Å²) >= 11 is 0. The smallest absolute Gasteiger partial charge is 0.410 e. The normalized spacial score (nSPS) is 24.6. The topological polar surface area (TPSA) is 41.6 Å². The fourth-order valence-electron chi connectivity index (χ4n) is 2.75. The molecular weight excluding hydrogens is 252 g/mol. The van der Waals surface area contributed by atoms with Crippen molar-refractivity contribution in [2.75, 3.05) is 20.1 Å². The van der Waals surface area contributed by atoms with Crippen LogP contribution in [-0.2, 0) is 4.74 Å². The summed E-state index contributed by atoms with van der Waals surface area (Å²) < 4.78 is 5.46. The van der Waals surface area contributed by atoms with Crippen LogP contribution < -0.4 is 5.32 Å². The monoisotopic (exact) mass is 284 g/mol. The molecule has 0 radical (unpaired) electrons. The summed E-state index contributed by atoms with van der Waals surface area (Å²) in [4.78, 5) is 14.0. The highest BCUT2D eigenvalue weighted by Gasteiger charge is 2.33. The fourth-order valence-corrected chi connectivity index (χ4v) is 2.75. The zero-order valence-corrected chi connectivity index (χ0v) is 14.2.